The topological polar surface area (TPSA) is 35.1 Å². The molecule has 0 aliphatic heterocycles. The molecule has 210 valence electrons. The second-order valence-corrected chi connectivity index (χ2v) is 12.5. The van der Waals surface area contributed by atoms with Gasteiger partial charge in [-0.1, -0.05) is 103 Å². The van der Waals surface area contributed by atoms with Crippen molar-refractivity contribution in [2.24, 2.45) is 0 Å². The molecule has 0 N–H and O–H groups in total. The third-order valence-corrected chi connectivity index (χ3v) is 10.4. The molecule has 4 nitrogen and oxygen atoms in total. The predicted molar refractivity (Wildman–Crippen MR) is 190 cm³/mol. The van der Waals surface area contributed by atoms with Gasteiger partial charge in [-0.25, -0.2) is 9.97 Å². The van der Waals surface area contributed by atoms with E-state index in [9.17, 15) is 0 Å². The number of hydrogen-bond acceptors (Lipinski definition) is 2. The van der Waals surface area contributed by atoms with E-state index in [4.69, 9.17) is 9.97 Å². The highest BCUT2D eigenvalue weighted by Crippen LogP contribution is 2.49. The normalized spacial score (nSPS) is 12.8. The Hall–Kier alpha value is -6.26. The Kier molecular flexibility index (Phi) is 3.96. The molecule has 4 heteroatoms. The molecule has 46 heavy (non-hydrogen) atoms. The molecule has 1 aliphatic carbocycles. The fourth-order valence-electron chi connectivity index (χ4n) is 8.60. The average molecular weight is 583 g/mol. The van der Waals surface area contributed by atoms with E-state index in [1.54, 1.807) is 0 Å². The highest BCUT2D eigenvalue weighted by Gasteiger charge is 2.28. The zero-order valence-electron chi connectivity index (χ0n) is 24.5. The van der Waals surface area contributed by atoms with Crippen LogP contribution in [0.1, 0.15) is 0 Å². The zero-order valence-corrected chi connectivity index (χ0v) is 24.5. The Balaban J connectivity index is 1.37. The molecule has 7 aromatic carbocycles. The minimum Gasteiger partial charge on any atom is -0.308 e. The van der Waals surface area contributed by atoms with Crippen LogP contribution in [0, 0.1) is 0 Å². The summed E-state index contributed by atoms with van der Waals surface area (Å²) in [6.07, 6.45) is 0. The van der Waals surface area contributed by atoms with Gasteiger partial charge in [-0.05, 0) is 52.2 Å². The van der Waals surface area contributed by atoms with E-state index in [0.717, 1.165) is 27.6 Å². The van der Waals surface area contributed by atoms with Crippen molar-refractivity contribution in [1.29, 1.82) is 0 Å². The van der Waals surface area contributed by atoms with Crippen LogP contribution in [0.4, 0.5) is 0 Å². The van der Waals surface area contributed by atoms with Crippen molar-refractivity contribution in [2.75, 3.05) is 0 Å². The fraction of sp³-hybridized carbons (Fsp3) is 0. The van der Waals surface area contributed by atoms with Crippen molar-refractivity contribution in [3.8, 4) is 28.3 Å². The summed E-state index contributed by atoms with van der Waals surface area (Å²) in [5.41, 5.74) is 11.6. The minimum absolute atomic E-state index is 0.703. The van der Waals surface area contributed by atoms with Crippen LogP contribution in [0.25, 0.3) is 110 Å². The van der Waals surface area contributed by atoms with Crippen molar-refractivity contribution in [1.82, 2.24) is 18.9 Å². The van der Waals surface area contributed by atoms with Crippen LogP contribution in [-0.2, 0) is 0 Å². The summed E-state index contributed by atoms with van der Waals surface area (Å²) in [4.78, 5) is 10.8. The van der Waals surface area contributed by atoms with Gasteiger partial charge in [-0.3, -0.25) is 4.57 Å². The number of benzene rings is 7. The first kappa shape index (κ1) is 23.2. The molecule has 0 bridgehead atoms. The highest BCUT2D eigenvalue weighted by molar-refractivity contribution is 6.36. The molecule has 0 atom stereocenters. The van der Waals surface area contributed by atoms with Gasteiger partial charge in [0.2, 0.25) is 5.95 Å². The van der Waals surface area contributed by atoms with Crippen molar-refractivity contribution >= 4 is 81.6 Å². The average Bonchev–Trinajstić information content (AvgIpc) is 3.83. The number of rotatable bonds is 1. The summed E-state index contributed by atoms with van der Waals surface area (Å²) in [6, 6.07) is 48.4. The van der Waals surface area contributed by atoms with Crippen LogP contribution in [-0.4, -0.2) is 18.9 Å². The van der Waals surface area contributed by atoms with Crippen LogP contribution in [0.15, 0.2) is 133 Å². The van der Waals surface area contributed by atoms with E-state index in [1.807, 2.05) is 0 Å². The van der Waals surface area contributed by atoms with E-state index in [2.05, 4.69) is 142 Å². The van der Waals surface area contributed by atoms with Crippen LogP contribution >= 0.6 is 0 Å². The Labute approximate surface area is 261 Å². The van der Waals surface area contributed by atoms with Crippen LogP contribution in [0.5, 0.6) is 0 Å². The standard InChI is InChI=1S/C42H22N4/c1-2-11-24-23(10-1)20-21-35-36(24)31-22-30-26-13-5-7-18-33(26)45-34-19-8-6-15-29(34)38(40(30)45)41(31)46(35)42-43-32-17-9-16-27-25-12-3-4-14-28(25)39(44-42)37(27)32/h1-22H. The molecule has 0 unspecified atom stereocenters. The second-order valence-electron chi connectivity index (χ2n) is 12.5. The molecular formula is C42H22N4. The van der Waals surface area contributed by atoms with E-state index >= 15 is 0 Å². The Morgan fingerprint density at radius 1 is 0.413 bits per heavy atom. The molecule has 0 saturated carbocycles. The molecule has 0 amide bonds. The molecule has 12 rings (SSSR count). The number of hydrogen-bond donors (Lipinski definition) is 0. The summed E-state index contributed by atoms with van der Waals surface area (Å²) >= 11 is 0. The van der Waals surface area contributed by atoms with Gasteiger partial charge in [0.1, 0.15) is 0 Å². The van der Waals surface area contributed by atoms with Crippen LogP contribution < -0.4 is 0 Å². The molecule has 0 radical (unpaired) electrons. The summed E-state index contributed by atoms with van der Waals surface area (Å²) in [5.74, 6) is 0.703. The molecule has 4 aromatic heterocycles. The Morgan fingerprint density at radius 2 is 1.13 bits per heavy atom. The van der Waals surface area contributed by atoms with Gasteiger partial charge >= 0.3 is 0 Å². The van der Waals surface area contributed by atoms with Crippen LogP contribution in [0.2, 0.25) is 0 Å². The predicted octanol–water partition coefficient (Wildman–Crippen LogP) is 10.7. The lowest BCUT2D eigenvalue weighted by atomic mass is 10.0. The number of aromatic nitrogens is 4. The lowest BCUT2D eigenvalue weighted by Crippen LogP contribution is -2.02. The van der Waals surface area contributed by atoms with Gasteiger partial charge in [0.05, 0.1) is 38.8 Å². The minimum atomic E-state index is 0.703. The molecular weight excluding hydrogens is 560 g/mol. The van der Waals surface area contributed by atoms with Gasteiger partial charge in [0.15, 0.2) is 0 Å². The first-order valence-electron chi connectivity index (χ1n) is 15.8. The molecule has 11 aromatic rings. The Bertz CT molecular complexity index is 3140. The van der Waals surface area contributed by atoms with Gasteiger partial charge in [-0.2, -0.15) is 0 Å². The van der Waals surface area contributed by atoms with E-state index in [0.29, 0.717) is 5.95 Å². The summed E-state index contributed by atoms with van der Waals surface area (Å²) in [5, 5.41) is 11.1. The molecule has 0 fully saturated rings. The summed E-state index contributed by atoms with van der Waals surface area (Å²) in [6.45, 7) is 0. The first-order valence-corrected chi connectivity index (χ1v) is 15.8. The number of nitrogens with zero attached hydrogens (tertiary/aromatic N) is 4. The largest absolute Gasteiger partial charge is 0.308 e. The van der Waals surface area contributed by atoms with Gasteiger partial charge in [-0.15, -0.1) is 0 Å². The summed E-state index contributed by atoms with van der Waals surface area (Å²) < 4.78 is 4.80. The SMILES string of the molecule is c1ccc2c(c1)-c1cccc3nc(-n4c5ccc6ccccc6c5c5cc6c7ccccc7n7c8ccccc8c(c54)c67)nc-2c13. The fourth-order valence-corrected chi connectivity index (χ4v) is 8.60. The lowest BCUT2D eigenvalue weighted by Gasteiger charge is -2.10. The number of para-hydroxylation sites is 2. The maximum atomic E-state index is 5.45. The van der Waals surface area contributed by atoms with Gasteiger partial charge in [0.25, 0.3) is 0 Å². The monoisotopic (exact) mass is 582 g/mol. The molecule has 0 spiro atoms. The second kappa shape index (κ2) is 7.87. The number of fused-ring (bicyclic) bond motifs is 15. The van der Waals surface area contributed by atoms with Crippen molar-refractivity contribution in [2.45, 2.75) is 0 Å². The Morgan fingerprint density at radius 3 is 2.02 bits per heavy atom. The zero-order chi connectivity index (χ0) is 29.7. The van der Waals surface area contributed by atoms with Gasteiger partial charge in [0, 0.05) is 43.3 Å². The van der Waals surface area contributed by atoms with Crippen LogP contribution in [0.3, 0.4) is 0 Å². The van der Waals surface area contributed by atoms with E-state index in [-0.39, 0.29) is 0 Å². The third kappa shape index (κ3) is 2.57. The van der Waals surface area contributed by atoms with Gasteiger partial charge < -0.3 is 4.40 Å². The lowest BCUT2D eigenvalue weighted by molar-refractivity contribution is 1.02. The van der Waals surface area contributed by atoms with Crippen molar-refractivity contribution < 1.29 is 0 Å². The highest BCUT2D eigenvalue weighted by atomic mass is 15.2. The maximum Gasteiger partial charge on any atom is 0.235 e. The molecule has 0 saturated heterocycles. The molecule has 1 aliphatic rings. The maximum absolute atomic E-state index is 5.45. The summed E-state index contributed by atoms with van der Waals surface area (Å²) in [7, 11) is 0. The first-order chi connectivity index (χ1) is 22.8. The third-order valence-electron chi connectivity index (χ3n) is 10.4. The van der Waals surface area contributed by atoms with E-state index in [1.165, 1.54) is 76.3 Å². The van der Waals surface area contributed by atoms with Crippen molar-refractivity contribution in [3.63, 3.8) is 0 Å². The van der Waals surface area contributed by atoms with Crippen molar-refractivity contribution in [3.05, 3.63) is 133 Å². The van der Waals surface area contributed by atoms with E-state index < -0.39 is 0 Å². The smallest absolute Gasteiger partial charge is 0.235 e. The quantitative estimate of drug-likeness (QED) is 0.193. The molecule has 4 heterocycles.